The fraction of sp³-hybridized carbons (Fsp3) is 0.192. The number of rotatable bonds is 8. The van der Waals surface area contributed by atoms with Crippen molar-refractivity contribution in [3.63, 3.8) is 0 Å². The molecule has 4 heteroatoms. The molecule has 0 aliphatic heterocycles. The Kier molecular flexibility index (Phi) is 6.07. The average Bonchev–Trinajstić information content (AvgIpc) is 3.24. The molecule has 1 aromatic heterocycles. The first-order chi connectivity index (χ1) is 14.8. The van der Waals surface area contributed by atoms with Gasteiger partial charge >= 0.3 is 0 Å². The van der Waals surface area contributed by atoms with Gasteiger partial charge in [-0.3, -0.25) is 0 Å². The molecule has 3 aromatic carbocycles. The van der Waals surface area contributed by atoms with Gasteiger partial charge in [-0.15, -0.1) is 0 Å². The third kappa shape index (κ3) is 3.56. The largest absolute Gasteiger partial charge is 0.388 e. The monoisotopic (exact) mass is 398 g/mol. The maximum Gasteiger partial charge on any atom is 0.136 e. The van der Waals surface area contributed by atoms with Crippen molar-refractivity contribution in [1.82, 2.24) is 9.55 Å². The van der Waals surface area contributed by atoms with Crippen LogP contribution in [0.4, 0.5) is 0 Å². The number of aromatic nitrogens is 2. The van der Waals surface area contributed by atoms with Crippen LogP contribution in [0.1, 0.15) is 35.1 Å². The fourth-order valence-corrected chi connectivity index (χ4v) is 4.11. The minimum Gasteiger partial charge on any atom is -0.388 e. The minimum atomic E-state index is -0.681. The van der Waals surface area contributed by atoms with Gasteiger partial charge in [0.15, 0.2) is 0 Å². The number of hydrogen-bond donors (Lipinski definition) is 1. The molecule has 0 bridgehead atoms. The quantitative estimate of drug-likeness (QED) is 0.436. The summed E-state index contributed by atoms with van der Waals surface area (Å²) in [6, 6.07) is 31.1. The Morgan fingerprint density at radius 1 is 0.800 bits per heavy atom. The predicted octanol–water partition coefficient (Wildman–Crippen LogP) is 4.75. The Labute approximate surface area is 177 Å². The van der Waals surface area contributed by atoms with Gasteiger partial charge in [0.2, 0.25) is 0 Å². The number of aliphatic hydroxyl groups is 1. The Morgan fingerprint density at radius 2 is 1.27 bits per heavy atom. The second kappa shape index (κ2) is 9.08. The zero-order valence-corrected chi connectivity index (χ0v) is 17.1. The number of aliphatic hydroxyl groups excluding tert-OH is 1. The highest BCUT2D eigenvalue weighted by Crippen LogP contribution is 2.41. The highest BCUT2D eigenvalue weighted by Gasteiger charge is 2.39. The number of hydrogen-bond acceptors (Lipinski definition) is 3. The van der Waals surface area contributed by atoms with E-state index in [1.54, 1.807) is 0 Å². The lowest BCUT2D eigenvalue weighted by Gasteiger charge is -2.38. The van der Waals surface area contributed by atoms with E-state index in [2.05, 4.69) is 41.0 Å². The van der Waals surface area contributed by atoms with Crippen molar-refractivity contribution < 1.29 is 9.84 Å². The van der Waals surface area contributed by atoms with E-state index in [9.17, 15) is 5.11 Å². The molecular weight excluding hydrogens is 372 g/mol. The highest BCUT2D eigenvalue weighted by atomic mass is 16.5. The van der Waals surface area contributed by atoms with Gasteiger partial charge in [-0.05, 0) is 23.6 Å². The standard InChI is InChI=1S/C26H26N2O2/c1-2-30-20-24-18-28(25(19-29)27-24)26(21-12-6-3-7-13-21,22-14-8-4-9-15-22)23-16-10-5-11-17-23/h3-18,29H,2,19-20H2,1H3. The van der Waals surface area contributed by atoms with Crippen LogP contribution in [-0.4, -0.2) is 21.3 Å². The first-order valence-electron chi connectivity index (χ1n) is 10.2. The Hall–Kier alpha value is -3.21. The molecule has 0 spiro atoms. The van der Waals surface area contributed by atoms with E-state index >= 15 is 0 Å². The van der Waals surface area contributed by atoms with Gasteiger partial charge in [-0.2, -0.15) is 0 Å². The van der Waals surface area contributed by atoms with E-state index < -0.39 is 5.54 Å². The van der Waals surface area contributed by atoms with Crippen molar-refractivity contribution in [2.24, 2.45) is 0 Å². The zero-order chi connectivity index (χ0) is 20.8. The fourth-order valence-electron chi connectivity index (χ4n) is 4.11. The van der Waals surface area contributed by atoms with Crippen LogP contribution in [0.25, 0.3) is 0 Å². The second-order valence-corrected chi connectivity index (χ2v) is 7.12. The molecule has 4 rings (SSSR count). The molecule has 4 nitrogen and oxygen atoms in total. The van der Waals surface area contributed by atoms with E-state index in [1.807, 2.05) is 67.7 Å². The van der Waals surface area contributed by atoms with E-state index in [4.69, 9.17) is 9.72 Å². The molecule has 1 heterocycles. The summed E-state index contributed by atoms with van der Waals surface area (Å²) in [5, 5.41) is 10.2. The van der Waals surface area contributed by atoms with Crippen LogP contribution in [0.5, 0.6) is 0 Å². The van der Waals surface area contributed by atoms with Crippen LogP contribution in [0.3, 0.4) is 0 Å². The molecule has 0 amide bonds. The lowest BCUT2D eigenvalue weighted by molar-refractivity contribution is 0.131. The maximum absolute atomic E-state index is 10.2. The van der Waals surface area contributed by atoms with E-state index in [1.165, 1.54) is 0 Å². The number of ether oxygens (including phenoxy) is 1. The topological polar surface area (TPSA) is 47.3 Å². The highest BCUT2D eigenvalue weighted by molar-refractivity contribution is 5.51. The molecule has 0 aliphatic rings. The summed E-state index contributed by atoms with van der Waals surface area (Å²) >= 11 is 0. The molecular formula is C26H26N2O2. The summed E-state index contributed by atoms with van der Waals surface area (Å²) in [6.45, 7) is 2.82. The summed E-state index contributed by atoms with van der Waals surface area (Å²) in [7, 11) is 0. The lowest BCUT2D eigenvalue weighted by atomic mass is 9.76. The SMILES string of the molecule is CCOCc1cn(C(c2ccccc2)(c2ccccc2)c2ccccc2)c(CO)n1. The predicted molar refractivity (Wildman–Crippen MR) is 118 cm³/mol. The smallest absolute Gasteiger partial charge is 0.136 e. The van der Waals surface area contributed by atoms with Crippen LogP contribution in [0, 0.1) is 0 Å². The van der Waals surface area contributed by atoms with Gasteiger partial charge in [0.25, 0.3) is 0 Å². The van der Waals surface area contributed by atoms with Gasteiger partial charge < -0.3 is 14.4 Å². The van der Waals surface area contributed by atoms with Gasteiger partial charge in [0, 0.05) is 12.8 Å². The summed E-state index contributed by atoms with van der Waals surface area (Å²) in [6.07, 6.45) is 2.01. The third-order valence-corrected chi connectivity index (χ3v) is 5.36. The van der Waals surface area contributed by atoms with Crippen molar-refractivity contribution in [2.45, 2.75) is 25.7 Å². The van der Waals surface area contributed by atoms with Crippen molar-refractivity contribution >= 4 is 0 Å². The first kappa shape index (κ1) is 20.1. The van der Waals surface area contributed by atoms with Crippen molar-refractivity contribution in [2.75, 3.05) is 6.61 Å². The second-order valence-electron chi connectivity index (χ2n) is 7.12. The van der Waals surface area contributed by atoms with Crippen molar-refractivity contribution in [1.29, 1.82) is 0 Å². The molecule has 30 heavy (non-hydrogen) atoms. The van der Waals surface area contributed by atoms with Gasteiger partial charge in [-0.1, -0.05) is 91.0 Å². The third-order valence-electron chi connectivity index (χ3n) is 5.36. The molecule has 1 N–H and O–H groups in total. The van der Waals surface area contributed by atoms with Gasteiger partial charge in [-0.25, -0.2) is 4.98 Å². The van der Waals surface area contributed by atoms with Crippen LogP contribution in [0.15, 0.2) is 97.2 Å². The van der Waals surface area contributed by atoms with Crippen LogP contribution in [0.2, 0.25) is 0 Å². The lowest BCUT2D eigenvalue weighted by Crippen LogP contribution is -2.38. The molecule has 0 aliphatic carbocycles. The molecule has 0 saturated carbocycles. The Balaban J connectivity index is 2.07. The molecule has 152 valence electrons. The summed E-state index contributed by atoms with van der Waals surface area (Å²) in [4.78, 5) is 4.70. The minimum absolute atomic E-state index is 0.166. The number of nitrogens with zero attached hydrogens (tertiary/aromatic N) is 2. The molecule has 0 fully saturated rings. The van der Waals surface area contributed by atoms with E-state index in [0.29, 0.717) is 19.0 Å². The van der Waals surface area contributed by atoms with Crippen molar-refractivity contribution in [3.8, 4) is 0 Å². The zero-order valence-electron chi connectivity index (χ0n) is 17.1. The summed E-state index contributed by atoms with van der Waals surface area (Å²) in [5.41, 5.74) is 3.40. The number of imidazole rings is 1. The van der Waals surface area contributed by atoms with Crippen LogP contribution >= 0.6 is 0 Å². The molecule has 4 aromatic rings. The van der Waals surface area contributed by atoms with Crippen LogP contribution in [-0.2, 0) is 23.5 Å². The van der Waals surface area contributed by atoms with E-state index in [0.717, 1.165) is 22.4 Å². The molecule has 0 unspecified atom stereocenters. The number of benzene rings is 3. The molecule has 0 radical (unpaired) electrons. The van der Waals surface area contributed by atoms with E-state index in [-0.39, 0.29) is 6.61 Å². The van der Waals surface area contributed by atoms with Crippen molar-refractivity contribution in [3.05, 3.63) is 125 Å². The summed E-state index contributed by atoms with van der Waals surface area (Å²) < 4.78 is 7.70. The Bertz CT molecular complexity index is 964. The van der Waals surface area contributed by atoms with Crippen LogP contribution < -0.4 is 0 Å². The molecule has 0 atom stereocenters. The average molecular weight is 399 g/mol. The van der Waals surface area contributed by atoms with Gasteiger partial charge in [0.1, 0.15) is 18.0 Å². The first-order valence-corrected chi connectivity index (χ1v) is 10.2. The maximum atomic E-state index is 10.2. The Morgan fingerprint density at radius 3 is 1.67 bits per heavy atom. The summed E-state index contributed by atoms with van der Waals surface area (Å²) in [5.74, 6) is 0.598. The van der Waals surface area contributed by atoms with Gasteiger partial charge in [0.05, 0.1) is 12.3 Å². The normalized spacial score (nSPS) is 11.5. The molecule has 0 saturated heterocycles.